The van der Waals surface area contributed by atoms with Crippen LogP contribution in [0.2, 0.25) is 0 Å². The van der Waals surface area contributed by atoms with Gasteiger partial charge >= 0.3 is 0 Å². The second kappa shape index (κ2) is 9.96. The van der Waals surface area contributed by atoms with Crippen molar-refractivity contribution in [2.75, 3.05) is 36.4 Å². The van der Waals surface area contributed by atoms with Gasteiger partial charge in [-0.2, -0.15) is 0 Å². The first-order valence-electron chi connectivity index (χ1n) is 12.8. The average molecular weight is 547 g/mol. The molecule has 0 radical (unpaired) electrons. The third-order valence-corrected chi connectivity index (χ3v) is 10.4. The first-order valence-corrected chi connectivity index (χ1v) is 14.6. The molecular formula is C28H33F3N4O2S. The molecule has 1 N–H and O–H groups in total. The summed E-state index contributed by atoms with van der Waals surface area (Å²) in [5.74, 6) is 4.05. The summed E-state index contributed by atoms with van der Waals surface area (Å²) in [6.07, 6.45) is -0.903. The SMILES string of the molecule is C=S(=O)(C1CC1)N1CCN(c2cc3c([C@@H](C)Nc4ccc(F)cc4C(F)F)cc(C)cc3c(=O)n2C)CC1. The summed E-state index contributed by atoms with van der Waals surface area (Å²) < 4.78 is 57.6. The molecule has 0 amide bonds. The largest absolute Gasteiger partial charge is 0.378 e. The van der Waals surface area contributed by atoms with Gasteiger partial charge in [-0.25, -0.2) is 17.5 Å². The highest BCUT2D eigenvalue weighted by atomic mass is 32.2. The van der Waals surface area contributed by atoms with E-state index in [-0.39, 0.29) is 16.5 Å². The second-order valence-corrected chi connectivity index (χ2v) is 12.9. The van der Waals surface area contributed by atoms with E-state index in [4.69, 9.17) is 0 Å². The van der Waals surface area contributed by atoms with Gasteiger partial charge in [-0.05, 0) is 79.4 Å². The standard InChI is InChI=1S/C28H33F3N4O2S/c1-17-13-21(18(2)32-25-8-5-19(29)15-24(25)27(30)31)22-16-26(33(3)28(36)23(22)14-17)34-9-11-35(12-10-34)38(4,37)20-6-7-20/h5,8,13-16,18,20,27,32H,4,6-7,9-12H2,1-3H3/t18-,38?/m1/s1. The van der Waals surface area contributed by atoms with Crippen LogP contribution in [0, 0.1) is 12.7 Å². The predicted molar refractivity (Wildman–Crippen MR) is 149 cm³/mol. The fourth-order valence-corrected chi connectivity index (χ4v) is 7.44. The van der Waals surface area contributed by atoms with Crippen LogP contribution < -0.4 is 15.8 Å². The number of anilines is 2. The van der Waals surface area contributed by atoms with Crippen molar-refractivity contribution in [3.63, 3.8) is 0 Å². The summed E-state index contributed by atoms with van der Waals surface area (Å²) in [7, 11) is -0.514. The van der Waals surface area contributed by atoms with Gasteiger partial charge in [0.1, 0.15) is 11.6 Å². The van der Waals surface area contributed by atoms with Crippen molar-refractivity contribution < 1.29 is 17.4 Å². The Hall–Kier alpha value is -2.98. The Kier molecular flexibility index (Phi) is 6.98. The molecule has 38 heavy (non-hydrogen) atoms. The third-order valence-electron chi connectivity index (χ3n) is 7.64. The molecule has 6 nitrogen and oxygen atoms in total. The molecule has 2 fully saturated rings. The summed E-state index contributed by atoms with van der Waals surface area (Å²) in [6.45, 7) is 6.16. The maximum absolute atomic E-state index is 13.6. The molecule has 5 rings (SSSR count). The molecule has 2 aromatic carbocycles. The number of hydrogen-bond acceptors (Lipinski definition) is 4. The number of piperazine rings is 1. The summed E-state index contributed by atoms with van der Waals surface area (Å²) in [5, 5.41) is 4.57. The number of nitrogens with one attached hydrogen (secondary N) is 1. The van der Waals surface area contributed by atoms with Crippen LogP contribution in [0.3, 0.4) is 0 Å². The van der Waals surface area contributed by atoms with Crippen molar-refractivity contribution in [3.05, 3.63) is 69.3 Å². The Morgan fingerprint density at radius 2 is 1.71 bits per heavy atom. The van der Waals surface area contributed by atoms with Gasteiger partial charge in [-0.3, -0.25) is 13.6 Å². The quantitative estimate of drug-likeness (QED) is 0.424. The molecule has 2 heterocycles. The lowest BCUT2D eigenvalue weighted by Crippen LogP contribution is -2.50. The van der Waals surface area contributed by atoms with Crippen molar-refractivity contribution in [2.45, 2.75) is 44.4 Å². The predicted octanol–water partition coefficient (Wildman–Crippen LogP) is 5.01. The van der Waals surface area contributed by atoms with E-state index in [1.54, 1.807) is 11.6 Å². The molecule has 0 bridgehead atoms. The molecule has 2 aliphatic rings. The van der Waals surface area contributed by atoms with Gasteiger partial charge in [0.15, 0.2) is 0 Å². The zero-order valence-electron chi connectivity index (χ0n) is 21.8. The molecule has 0 spiro atoms. The molecule has 1 saturated heterocycles. The lowest BCUT2D eigenvalue weighted by atomic mass is 9.97. The number of nitrogens with zero attached hydrogens (tertiary/aromatic N) is 3. The lowest BCUT2D eigenvalue weighted by Gasteiger charge is -2.38. The molecule has 1 aromatic heterocycles. The van der Waals surface area contributed by atoms with Crippen molar-refractivity contribution in [1.82, 2.24) is 8.87 Å². The van der Waals surface area contributed by atoms with E-state index in [1.807, 2.05) is 36.4 Å². The minimum absolute atomic E-state index is 0.147. The zero-order valence-corrected chi connectivity index (χ0v) is 22.7. The first kappa shape index (κ1) is 26.6. The second-order valence-electron chi connectivity index (χ2n) is 10.4. The molecule has 10 heteroatoms. The van der Waals surface area contributed by atoms with Crippen molar-refractivity contribution >= 4 is 37.9 Å². The zero-order chi connectivity index (χ0) is 27.4. The van der Waals surface area contributed by atoms with Crippen LogP contribution in [-0.2, 0) is 16.8 Å². The van der Waals surface area contributed by atoms with Gasteiger partial charge in [-0.15, -0.1) is 0 Å². The molecular weight excluding hydrogens is 513 g/mol. The summed E-state index contributed by atoms with van der Waals surface area (Å²) in [5.41, 5.74) is 1.26. The fourth-order valence-electron chi connectivity index (χ4n) is 5.37. The van der Waals surface area contributed by atoms with E-state index in [1.165, 1.54) is 6.07 Å². The van der Waals surface area contributed by atoms with Crippen LogP contribution in [0.1, 0.15) is 48.9 Å². The van der Waals surface area contributed by atoms with E-state index >= 15 is 0 Å². The number of aryl methyl sites for hydroxylation is 1. The molecule has 3 aromatic rings. The summed E-state index contributed by atoms with van der Waals surface area (Å²) in [4.78, 5) is 15.6. The van der Waals surface area contributed by atoms with Gasteiger partial charge in [0, 0.05) is 70.9 Å². The molecule has 2 atom stereocenters. The molecule has 1 saturated carbocycles. The van der Waals surface area contributed by atoms with Gasteiger partial charge in [0.2, 0.25) is 0 Å². The molecule has 204 valence electrons. The van der Waals surface area contributed by atoms with Gasteiger partial charge in [0.25, 0.3) is 12.0 Å². The van der Waals surface area contributed by atoms with Crippen LogP contribution >= 0.6 is 0 Å². The van der Waals surface area contributed by atoms with E-state index in [2.05, 4.69) is 16.1 Å². The Balaban J connectivity index is 1.50. The van der Waals surface area contributed by atoms with Crippen LogP contribution in [0.5, 0.6) is 0 Å². The fraction of sp³-hybridized carbons (Fsp3) is 0.429. The van der Waals surface area contributed by atoms with Crippen molar-refractivity contribution in [2.24, 2.45) is 7.05 Å². The maximum Gasteiger partial charge on any atom is 0.265 e. The number of alkyl halides is 2. The van der Waals surface area contributed by atoms with Crippen LogP contribution in [0.25, 0.3) is 10.8 Å². The number of aromatic nitrogens is 1. The number of hydrogen-bond donors (Lipinski definition) is 1. The highest BCUT2D eigenvalue weighted by Gasteiger charge is 2.36. The average Bonchev–Trinajstić information content (AvgIpc) is 3.73. The maximum atomic E-state index is 13.6. The minimum atomic E-state index is -2.83. The molecule has 1 aliphatic heterocycles. The number of rotatable bonds is 7. The third kappa shape index (κ3) is 4.91. The number of pyridine rings is 1. The van der Waals surface area contributed by atoms with Crippen LogP contribution in [0.4, 0.5) is 24.7 Å². The highest BCUT2D eigenvalue weighted by Crippen LogP contribution is 2.35. The van der Waals surface area contributed by atoms with Crippen molar-refractivity contribution in [3.8, 4) is 0 Å². The Labute approximate surface area is 221 Å². The Bertz CT molecular complexity index is 1540. The summed E-state index contributed by atoms with van der Waals surface area (Å²) in [6, 6.07) is 8.63. The van der Waals surface area contributed by atoms with Crippen LogP contribution in [-0.4, -0.2) is 50.4 Å². The smallest absolute Gasteiger partial charge is 0.265 e. The van der Waals surface area contributed by atoms with E-state index in [0.29, 0.717) is 31.6 Å². The topological polar surface area (TPSA) is 57.6 Å². The number of fused-ring (bicyclic) bond motifs is 1. The van der Waals surface area contributed by atoms with Gasteiger partial charge < -0.3 is 10.2 Å². The lowest BCUT2D eigenvalue weighted by molar-refractivity contribution is 0.151. The van der Waals surface area contributed by atoms with Gasteiger partial charge in [-0.1, -0.05) is 6.07 Å². The molecule has 1 unspecified atom stereocenters. The number of benzene rings is 2. The highest BCUT2D eigenvalue weighted by molar-refractivity contribution is 7.99. The van der Waals surface area contributed by atoms with E-state index in [9.17, 15) is 22.2 Å². The van der Waals surface area contributed by atoms with E-state index < -0.39 is 33.6 Å². The number of halogens is 3. The minimum Gasteiger partial charge on any atom is -0.378 e. The Morgan fingerprint density at radius 1 is 1.03 bits per heavy atom. The van der Waals surface area contributed by atoms with Crippen LogP contribution in [0.15, 0.2) is 41.2 Å². The Morgan fingerprint density at radius 3 is 2.34 bits per heavy atom. The molecule has 1 aliphatic carbocycles. The monoisotopic (exact) mass is 546 g/mol. The van der Waals surface area contributed by atoms with E-state index in [0.717, 1.165) is 47.3 Å². The summed E-state index contributed by atoms with van der Waals surface area (Å²) >= 11 is 0. The van der Waals surface area contributed by atoms with Crippen molar-refractivity contribution in [1.29, 1.82) is 0 Å². The first-order chi connectivity index (χ1) is 18.0. The van der Waals surface area contributed by atoms with Gasteiger partial charge in [0.05, 0.1) is 0 Å². The normalized spacial score (nSPS) is 19.1.